The van der Waals surface area contributed by atoms with Crippen LogP contribution in [0.4, 0.5) is 0 Å². The van der Waals surface area contributed by atoms with Crippen LogP contribution >= 0.6 is 7.82 Å². The van der Waals surface area contributed by atoms with E-state index >= 15 is 0 Å². The summed E-state index contributed by atoms with van der Waals surface area (Å²) in [6, 6.07) is 16.2. The van der Waals surface area contributed by atoms with Crippen LogP contribution in [-0.4, -0.2) is 22.9 Å². The third kappa shape index (κ3) is 6.36. The van der Waals surface area contributed by atoms with Crippen LogP contribution in [0.25, 0.3) is 0 Å². The predicted octanol–water partition coefficient (Wildman–Crippen LogP) is 5.39. The lowest BCUT2D eigenvalue weighted by Gasteiger charge is -2.17. The number of ether oxygens (including phenoxy) is 1. The first kappa shape index (κ1) is 23.4. The molecule has 0 saturated heterocycles. The number of benzene rings is 3. The molecule has 0 radical (unpaired) electrons. The third-order valence-corrected chi connectivity index (χ3v) is 5.54. The fraction of sp³-hybridized carbons (Fsp3) is 0.208. The van der Waals surface area contributed by atoms with Crippen molar-refractivity contribution in [3.05, 3.63) is 82.9 Å². The average molecular weight is 456 g/mol. The summed E-state index contributed by atoms with van der Waals surface area (Å²) in [6.07, 6.45) is 0.641. The van der Waals surface area contributed by atoms with E-state index in [2.05, 4.69) is 0 Å². The maximum absolute atomic E-state index is 12.5. The lowest BCUT2D eigenvalue weighted by Crippen LogP contribution is -2.03. The van der Waals surface area contributed by atoms with Crippen molar-refractivity contribution >= 4 is 13.6 Å². The van der Waals surface area contributed by atoms with E-state index in [9.17, 15) is 19.4 Å². The van der Waals surface area contributed by atoms with Crippen LogP contribution in [0, 0.1) is 13.8 Å². The van der Waals surface area contributed by atoms with Crippen molar-refractivity contribution in [2.75, 3.05) is 7.11 Å². The Bertz CT molecular complexity index is 1150. The number of hydrogen-bond acceptors (Lipinski definition) is 6. The van der Waals surface area contributed by atoms with Crippen LogP contribution in [-0.2, 0) is 11.0 Å². The average Bonchev–Trinajstić information content (AvgIpc) is 2.71. The van der Waals surface area contributed by atoms with E-state index in [0.717, 1.165) is 16.7 Å². The molecule has 0 heterocycles. The zero-order valence-corrected chi connectivity index (χ0v) is 19.0. The summed E-state index contributed by atoms with van der Waals surface area (Å²) in [5.41, 5.74) is 3.00. The minimum atomic E-state index is -4.46. The lowest BCUT2D eigenvalue weighted by atomic mass is 10.0. The molecule has 0 bridgehead atoms. The number of aromatic hydroxyl groups is 1. The normalized spacial score (nSPS) is 12.6. The molecule has 0 aliphatic carbocycles. The zero-order chi connectivity index (χ0) is 23.3. The third-order valence-electron chi connectivity index (χ3n) is 4.67. The van der Waals surface area contributed by atoms with Gasteiger partial charge in [-0.2, -0.15) is 0 Å². The van der Waals surface area contributed by atoms with Crippen molar-refractivity contribution in [1.29, 1.82) is 0 Å². The minimum absolute atomic E-state index is 0.0375. The smallest absolute Gasteiger partial charge is 0.508 e. The summed E-state index contributed by atoms with van der Waals surface area (Å²) in [4.78, 5) is 22.6. The summed E-state index contributed by atoms with van der Waals surface area (Å²) < 4.78 is 28.3. The molecule has 0 spiro atoms. The van der Waals surface area contributed by atoms with Crippen LogP contribution in [0.2, 0.25) is 0 Å². The quantitative estimate of drug-likeness (QED) is 0.329. The number of carbonyl (C=O) groups is 1. The van der Waals surface area contributed by atoms with Crippen molar-refractivity contribution in [2.45, 2.75) is 26.7 Å². The van der Waals surface area contributed by atoms with E-state index in [1.165, 1.54) is 25.3 Å². The molecule has 1 atom stereocenters. The standard InChI is InChI=1S/C24H25O7P/c1-16-11-17(2)13-21(12-16)30-32(27,28)31-23-10-8-18(14-24(23)29-3)7-9-22(26)19-5-4-6-20(25)15-19/h4-6,8,10-15,25H,7,9H2,1-3H3,(H,27,28). The van der Waals surface area contributed by atoms with Crippen molar-refractivity contribution in [3.63, 3.8) is 0 Å². The van der Waals surface area contributed by atoms with Crippen molar-refractivity contribution in [1.82, 2.24) is 0 Å². The first-order valence-electron chi connectivity index (χ1n) is 9.94. The van der Waals surface area contributed by atoms with E-state index in [4.69, 9.17) is 13.8 Å². The highest BCUT2D eigenvalue weighted by Crippen LogP contribution is 2.47. The number of aryl methyl sites for hydroxylation is 3. The Labute approximate surface area is 186 Å². The second-order valence-electron chi connectivity index (χ2n) is 7.43. The lowest BCUT2D eigenvalue weighted by molar-refractivity contribution is 0.0982. The molecule has 0 aromatic heterocycles. The number of phenols is 1. The molecule has 1 unspecified atom stereocenters. The van der Waals surface area contributed by atoms with Gasteiger partial charge < -0.3 is 18.9 Å². The Morgan fingerprint density at radius 1 is 0.938 bits per heavy atom. The number of rotatable bonds is 9. The molecule has 0 amide bonds. The zero-order valence-electron chi connectivity index (χ0n) is 18.1. The number of phosphoric ester groups is 1. The number of phosphoric acid groups is 1. The van der Waals surface area contributed by atoms with E-state index in [-0.39, 0.29) is 35.2 Å². The fourth-order valence-corrected chi connectivity index (χ4v) is 4.09. The first-order chi connectivity index (χ1) is 15.1. The second-order valence-corrected chi connectivity index (χ2v) is 8.74. The van der Waals surface area contributed by atoms with Gasteiger partial charge in [0.25, 0.3) is 0 Å². The fourth-order valence-electron chi connectivity index (χ4n) is 3.29. The van der Waals surface area contributed by atoms with Gasteiger partial charge in [-0.25, -0.2) is 4.57 Å². The highest BCUT2D eigenvalue weighted by molar-refractivity contribution is 7.48. The Morgan fingerprint density at radius 3 is 2.31 bits per heavy atom. The van der Waals surface area contributed by atoms with Gasteiger partial charge in [-0.3, -0.25) is 9.69 Å². The molecule has 168 valence electrons. The minimum Gasteiger partial charge on any atom is -0.508 e. The van der Waals surface area contributed by atoms with Gasteiger partial charge in [-0.15, -0.1) is 0 Å². The van der Waals surface area contributed by atoms with Crippen molar-refractivity contribution in [2.24, 2.45) is 0 Å². The molecular weight excluding hydrogens is 431 g/mol. The number of Topliss-reactive ketones (excluding diaryl/α,β-unsaturated/α-hetero) is 1. The maximum Gasteiger partial charge on any atom is 0.585 e. The van der Waals surface area contributed by atoms with Gasteiger partial charge in [-0.05, 0) is 73.4 Å². The Kier molecular flexibility index (Phi) is 7.23. The van der Waals surface area contributed by atoms with Crippen LogP contribution in [0.1, 0.15) is 33.5 Å². The van der Waals surface area contributed by atoms with Gasteiger partial charge in [0.1, 0.15) is 11.5 Å². The first-order valence-corrected chi connectivity index (χ1v) is 11.4. The topological polar surface area (TPSA) is 102 Å². The number of phenolic OH excluding ortho intramolecular Hbond substituents is 1. The number of carbonyl (C=O) groups excluding carboxylic acids is 1. The molecule has 32 heavy (non-hydrogen) atoms. The van der Waals surface area contributed by atoms with Crippen LogP contribution < -0.4 is 13.8 Å². The van der Waals surface area contributed by atoms with Gasteiger partial charge >= 0.3 is 7.82 Å². The summed E-state index contributed by atoms with van der Waals surface area (Å²) in [5, 5.41) is 9.52. The molecule has 0 saturated carbocycles. The molecule has 3 rings (SSSR count). The Hall–Kier alpha value is -3.28. The van der Waals surface area contributed by atoms with Gasteiger partial charge in [0.2, 0.25) is 0 Å². The van der Waals surface area contributed by atoms with Gasteiger partial charge in [-0.1, -0.05) is 24.3 Å². The van der Waals surface area contributed by atoms with Crippen molar-refractivity contribution in [3.8, 4) is 23.0 Å². The van der Waals surface area contributed by atoms with E-state index < -0.39 is 7.82 Å². The second kappa shape index (κ2) is 9.90. The largest absolute Gasteiger partial charge is 0.585 e. The van der Waals surface area contributed by atoms with Gasteiger partial charge in [0.05, 0.1) is 7.11 Å². The summed E-state index contributed by atoms with van der Waals surface area (Å²) >= 11 is 0. The number of methoxy groups -OCH3 is 1. The molecule has 0 aliphatic heterocycles. The molecule has 7 nitrogen and oxygen atoms in total. The van der Waals surface area contributed by atoms with Crippen LogP contribution in [0.5, 0.6) is 23.0 Å². The van der Waals surface area contributed by atoms with Gasteiger partial charge in [0, 0.05) is 12.0 Å². The molecule has 2 N–H and O–H groups in total. The van der Waals surface area contributed by atoms with Crippen LogP contribution in [0.3, 0.4) is 0 Å². The molecular formula is C24H25O7P. The Morgan fingerprint density at radius 2 is 1.66 bits per heavy atom. The summed E-state index contributed by atoms with van der Waals surface area (Å²) in [5.74, 6) is 0.447. The predicted molar refractivity (Wildman–Crippen MR) is 121 cm³/mol. The summed E-state index contributed by atoms with van der Waals surface area (Å²) in [7, 11) is -3.05. The van der Waals surface area contributed by atoms with Crippen LogP contribution in [0.15, 0.2) is 60.7 Å². The highest BCUT2D eigenvalue weighted by atomic mass is 31.2. The van der Waals surface area contributed by atoms with E-state index in [0.29, 0.717) is 12.0 Å². The molecule has 3 aromatic carbocycles. The molecule has 0 fully saturated rings. The number of hydrogen-bond donors (Lipinski definition) is 2. The Balaban J connectivity index is 1.69. The SMILES string of the molecule is COc1cc(CCC(=O)c2cccc(O)c2)ccc1OP(=O)(O)Oc1cc(C)cc(C)c1. The van der Waals surface area contributed by atoms with E-state index in [1.54, 1.807) is 36.4 Å². The number of ketones is 1. The molecule has 3 aromatic rings. The summed E-state index contributed by atoms with van der Waals surface area (Å²) in [6.45, 7) is 3.71. The monoisotopic (exact) mass is 456 g/mol. The molecule has 8 heteroatoms. The maximum atomic E-state index is 12.5. The van der Waals surface area contributed by atoms with Crippen molar-refractivity contribution < 1.29 is 33.1 Å². The van der Waals surface area contributed by atoms with E-state index in [1.807, 2.05) is 19.9 Å². The molecule has 0 aliphatic rings. The highest BCUT2D eigenvalue weighted by Gasteiger charge is 2.27. The van der Waals surface area contributed by atoms with Gasteiger partial charge in [0.15, 0.2) is 17.3 Å².